The smallest absolute Gasteiger partial charge is 0.0704 e. The fourth-order valence-corrected chi connectivity index (χ4v) is 1.31. The molecule has 0 aromatic rings. The Balaban J connectivity index is 2.09. The lowest BCUT2D eigenvalue weighted by Crippen LogP contribution is -2.35. The van der Waals surface area contributed by atoms with E-state index in [4.69, 9.17) is 4.74 Å². The molecule has 1 heterocycles. The first kappa shape index (κ1) is 9.75. The van der Waals surface area contributed by atoms with E-state index in [-0.39, 0.29) is 0 Å². The van der Waals surface area contributed by atoms with E-state index in [9.17, 15) is 0 Å². The van der Waals surface area contributed by atoms with Crippen molar-refractivity contribution in [3.8, 4) is 0 Å². The summed E-state index contributed by atoms with van der Waals surface area (Å²) in [6.07, 6.45) is 5.03. The van der Waals surface area contributed by atoms with E-state index in [1.165, 1.54) is 18.4 Å². The van der Waals surface area contributed by atoms with Crippen molar-refractivity contribution in [2.45, 2.75) is 32.8 Å². The monoisotopic (exact) mass is 169 g/mol. The lowest BCUT2D eigenvalue weighted by molar-refractivity contribution is 0.0556. The number of hydrogen-bond acceptors (Lipinski definition) is 2. The fourth-order valence-electron chi connectivity index (χ4n) is 1.31. The van der Waals surface area contributed by atoms with Crippen molar-refractivity contribution < 1.29 is 4.74 Å². The zero-order valence-corrected chi connectivity index (χ0v) is 8.10. The predicted octanol–water partition coefficient (Wildman–Crippen LogP) is 1.72. The molecule has 0 unspecified atom stereocenters. The minimum Gasteiger partial charge on any atom is -0.373 e. The average molecular weight is 169 g/mol. The number of rotatable bonds is 3. The number of piperidine rings is 1. The molecule has 1 aliphatic rings. The highest BCUT2D eigenvalue weighted by atomic mass is 16.5. The van der Waals surface area contributed by atoms with Gasteiger partial charge in [0.2, 0.25) is 0 Å². The van der Waals surface area contributed by atoms with Crippen molar-refractivity contribution in [1.29, 1.82) is 0 Å². The molecule has 1 atom stereocenters. The molecule has 0 radical (unpaired) electrons. The van der Waals surface area contributed by atoms with Gasteiger partial charge in [0.15, 0.2) is 0 Å². The van der Waals surface area contributed by atoms with Crippen molar-refractivity contribution in [2.24, 2.45) is 0 Å². The molecule has 2 nitrogen and oxygen atoms in total. The summed E-state index contributed by atoms with van der Waals surface area (Å²) in [6, 6.07) is 0. The van der Waals surface area contributed by atoms with Gasteiger partial charge >= 0.3 is 0 Å². The summed E-state index contributed by atoms with van der Waals surface area (Å²) in [4.78, 5) is 0. The quantitative estimate of drug-likeness (QED) is 0.649. The van der Waals surface area contributed by atoms with Crippen LogP contribution < -0.4 is 5.32 Å². The molecule has 12 heavy (non-hydrogen) atoms. The molecular weight excluding hydrogens is 150 g/mol. The lowest BCUT2D eigenvalue weighted by atomic mass is 10.1. The Morgan fingerprint density at radius 2 is 2.42 bits per heavy atom. The molecular formula is C10H19NO. The van der Waals surface area contributed by atoms with Crippen LogP contribution in [0.4, 0.5) is 0 Å². The van der Waals surface area contributed by atoms with Crippen molar-refractivity contribution in [3.63, 3.8) is 0 Å². The highest BCUT2D eigenvalue weighted by Crippen LogP contribution is 2.05. The van der Waals surface area contributed by atoms with Crippen molar-refractivity contribution in [1.82, 2.24) is 5.32 Å². The molecule has 0 saturated carbocycles. The summed E-state index contributed by atoms with van der Waals surface area (Å²) in [5.41, 5.74) is 1.33. The third-order valence-corrected chi connectivity index (χ3v) is 2.08. The highest BCUT2D eigenvalue weighted by Gasteiger charge is 2.11. The number of allylic oxidation sites excluding steroid dienone is 1. The van der Waals surface area contributed by atoms with Crippen LogP contribution in [0.1, 0.15) is 26.7 Å². The molecule has 2 heteroatoms. The molecule has 0 amide bonds. The molecule has 1 saturated heterocycles. The van der Waals surface area contributed by atoms with Gasteiger partial charge in [-0.05, 0) is 33.2 Å². The van der Waals surface area contributed by atoms with E-state index in [0.29, 0.717) is 6.10 Å². The maximum Gasteiger partial charge on any atom is 0.0704 e. The van der Waals surface area contributed by atoms with Crippen molar-refractivity contribution in [3.05, 3.63) is 11.6 Å². The normalized spacial score (nSPS) is 23.7. The Labute approximate surface area is 75.0 Å². The van der Waals surface area contributed by atoms with Crippen LogP contribution in [0.2, 0.25) is 0 Å². The summed E-state index contributed by atoms with van der Waals surface area (Å²) in [7, 11) is 0. The molecule has 1 aliphatic heterocycles. The van der Waals surface area contributed by atoms with Gasteiger partial charge in [-0.15, -0.1) is 0 Å². The Morgan fingerprint density at radius 3 is 3.00 bits per heavy atom. The Hall–Kier alpha value is -0.340. The van der Waals surface area contributed by atoms with Crippen LogP contribution in [0.25, 0.3) is 0 Å². The van der Waals surface area contributed by atoms with Crippen LogP contribution in [0.3, 0.4) is 0 Å². The number of ether oxygens (including phenoxy) is 1. The summed E-state index contributed by atoms with van der Waals surface area (Å²) in [5.74, 6) is 0. The average Bonchev–Trinajstić information content (AvgIpc) is 2.05. The standard InChI is InChI=1S/C10H19NO/c1-9(2)5-7-12-10-4-3-6-11-8-10/h5,10-11H,3-4,6-8H2,1-2H3/t10-/m1/s1. The van der Waals surface area contributed by atoms with Gasteiger partial charge in [0.05, 0.1) is 12.7 Å². The van der Waals surface area contributed by atoms with E-state index in [1.54, 1.807) is 0 Å². The molecule has 0 bridgehead atoms. The van der Waals surface area contributed by atoms with Crippen molar-refractivity contribution >= 4 is 0 Å². The zero-order valence-electron chi connectivity index (χ0n) is 8.10. The van der Waals surface area contributed by atoms with E-state index in [0.717, 1.165) is 19.7 Å². The van der Waals surface area contributed by atoms with E-state index < -0.39 is 0 Å². The fraction of sp³-hybridized carbons (Fsp3) is 0.800. The predicted molar refractivity (Wildman–Crippen MR) is 51.3 cm³/mol. The Kier molecular flexibility index (Phi) is 4.33. The van der Waals surface area contributed by atoms with Gasteiger partial charge in [0.25, 0.3) is 0 Å². The molecule has 1 fully saturated rings. The van der Waals surface area contributed by atoms with Gasteiger partial charge < -0.3 is 10.1 Å². The van der Waals surface area contributed by atoms with Gasteiger partial charge in [-0.2, -0.15) is 0 Å². The van der Waals surface area contributed by atoms with Gasteiger partial charge in [0, 0.05) is 6.54 Å². The van der Waals surface area contributed by atoms with Gasteiger partial charge in [-0.1, -0.05) is 11.6 Å². The zero-order chi connectivity index (χ0) is 8.81. The number of nitrogens with one attached hydrogen (secondary N) is 1. The van der Waals surface area contributed by atoms with Crippen LogP contribution in [0.5, 0.6) is 0 Å². The lowest BCUT2D eigenvalue weighted by Gasteiger charge is -2.22. The van der Waals surface area contributed by atoms with Crippen molar-refractivity contribution in [2.75, 3.05) is 19.7 Å². The molecule has 0 aromatic heterocycles. The third kappa shape index (κ3) is 3.88. The maximum atomic E-state index is 5.65. The Bertz CT molecular complexity index is 144. The Morgan fingerprint density at radius 1 is 1.58 bits per heavy atom. The minimum atomic E-state index is 0.439. The maximum absolute atomic E-state index is 5.65. The second kappa shape index (κ2) is 5.33. The minimum absolute atomic E-state index is 0.439. The summed E-state index contributed by atoms with van der Waals surface area (Å²) >= 11 is 0. The summed E-state index contributed by atoms with van der Waals surface area (Å²) in [6.45, 7) is 7.15. The molecule has 0 spiro atoms. The second-order valence-electron chi connectivity index (χ2n) is 3.58. The highest BCUT2D eigenvalue weighted by molar-refractivity contribution is 4.93. The SMILES string of the molecule is CC(C)=CCO[C@@H]1CCCNC1. The van der Waals surface area contributed by atoms with E-state index >= 15 is 0 Å². The number of hydrogen-bond donors (Lipinski definition) is 1. The largest absolute Gasteiger partial charge is 0.373 e. The summed E-state index contributed by atoms with van der Waals surface area (Å²) in [5, 5.41) is 3.33. The van der Waals surface area contributed by atoms with Crippen LogP contribution >= 0.6 is 0 Å². The molecule has 1 rings (SSSR count). The van der Waals surface area contributed by atoms with Gasteiger partial charge in [-0.25, -0.2) is 0 Å². The van der Waals surface area contributed by atoms with Gasteiger partial charge in [-0.3, -0.25) is 0 Å². The second-order valence-corrected chi connectivity index (χ2v) is 3.58. The molecule has 70 valence electrons. The van der Waals surface area contributed by atoms with Crippen LogP contribution in [-0.4, -0.2) is 25.8 Å². The van der Waals surface area contributed by atoms with Crippen LogP contribution in [-0.2, 0) is 4.74 Å². The first-order valence-corrected chi connectivity index (χ1v) is 4.74. The molecule has 1 N–H and O–H groups in total. The molecule has 0 aromatic carbocycles. The van der Waals surface area contributed by atoms with E-state index in [2.05, 4.69) is 25.2 Å². The van der Waals surface area contributed by atoms with Gasteiger partial charge in [0.1, 0.15) is 0 Å². The topological polar surface area (TPSA) is 21.3 Å². The first-order valence-electron chi connectivity index (χ1n) is 4.74. The summed E-state index contributed by atoms with van der Waals surface area (Å²) < 4.78 is 5.65. The third-order valence-electron chi connectivity index (χ3n) is 2.08. The molecule has 0 aliphatic carbocycles. The first-order chi connectivity index (χ1) is 5.79. The van der Waals surface area contributed by atoms with Crippen LogP contribution in [0, 0.1) is 0 Å². The van der Waals surface area contributed by atoms with Crippen LogP contribution in [0.15, 0.2) is 11.6 Å². The van der Waals surface area contributed by atoms with E-state index in [1.807, 2.05) is 0 Å².